The number of anilines is 2. The van der Waals surface area contributed by atoms with Crippen LogP contribution in [0.25, 0.3) is 16.3 Å². The lowest BCUT2D eigenvalue weighted by Crippen LogP contribution is -2.32. The van der Waals surface area contributed by atoms with Gasteiger partial charge in [-0.05, 0) is 42.0 Å². The molecule has 1 aliphatic rings. The second kappa shape index (κ2) is 8.32. The van der Waals surface area contributed by atoms with Crippen molar-refractivity contribution in [1.29, 1.82) is 0 Å². The van der Waals surface area contributed by atoms with Crippen LogP contribution in [0.5, 0.6) is 5.75 Å². The number of carbonyl (C=O) groups excluding carboxylic acids is 2. The predicted octanol–water partition coefficient (Wildman–Crippen LogP) is 5.70. The molecule has 1 N–H and O–H groups in total. The van der Waals surface area contributed by atoms with Crippen LogP contribution in [0.4, 0.5) is 11.4 Å². The number of benzene rings is 3. The Hall–Kier alpha value is -3.90. The highest BCUT2D eigenvalue weighted by Crippen LogP contribution is 2.37. The first-order valence-corrected chi connectivity index (χ1v) is 11.2. The molecule has 4 aromatic rings. The molecule has 0 unspecified atom stereocenters. The summed E-state index contributed by atoms with van der Waals surface area (Å²) in [5.41, 5.74) is 1.91. The zero-order chi connectivity index (χ0) is 22.1. The summed E-state index contributed by atoms with van der Waals surface area (Å²) < 4.78 is 5.57. The van der Waals surface area contributed by atoms with Gasteiger partial charge in [-0.3, -0.25) is 9.59 Å². The third-order valence-electron chi connectivity index (χ3n) is 5.29. The van der Waals surface area contributed by atoms with E-state index in [-0.39, 0.29) is 17.5 Å². The maximum absolute atomic E-state index is 13.6. The minimum absolute atomic E-state index is 0.274. The van der Waals surface area contributed by atoms with Crippen LogP contribution < -0.4 is 15.0 Å². The Bertz CT molecular complexity index is 1350. The molecule has 0 saturated heterocycles. The van der Waals surface area contributed by atoms with E-state index in [1.807, 2.05) is 66.9 Å². The van der Waals surface area contributed by atoms with Crippen LogP contribution in [0.15, 0.2) is 89.9 Å². The highest BCUT2D eigenvalue weighted by molar-refractivity contribution is 7.11. The van der Waals surface area contributed by atoms with Gasteiger partial charge in [0.25, 0.3) is 11.8 Å². The molecule has 5 rings (SSSR count). The molecule has 0 atom stereocenters. The summed E-state index contributed by atoms with van der Waals surface area (Å²) in [6, 6.07) is 24.6. The molecular weight excluding hydrogens is 420 g/mol. The Labute approximate surface area is 189 Å². The average Bonchev–Trinajstić information content (AvgIpc) is 3.41. The fraction of sp³-hybridized carbons (Fsp3) is 0.0769. The van der Waals surface area contributed by atoms with E-state index in [1.165, 1.54) is 16.2 Å². The van der Waals surface area contributed by atoms with Crippen LogP contribution in [-0.2, 0) is 9.59 Å². The van der Waals surface area contributed by atoms with Crippen molar-refractivity contribution in [3.8, 4) is 5.75 Å². The summed E-state index contributed by atoms with van der Waals surface area (Å²) in [5.74, 6) is -0.132. The number of thiophene rings is 1. The number of carbonyl (C=O) groups is 2. The van der Waals surface area contributed by atoms with E-state index in [2.05, 4.69) is 5.32 Å². The first-order chi connectivity index (χ1) is 15.7. The number of fused-ring (bicyclic) bond motifs is 1. The van der Waals surface area contributed by atoms with Gasteiger partial charge in [0.15, 0.2) is 0 Å². The van der Waals surface area contributed by atoms with Gasteiger partial charge in [0, 0.05) is 22.0 Å². The second-order valence-corrected chi connectivity index (χ2v) is 8.20. The quantitative estimate of drug-likeness (QED) is 0.391. The number of nitrogens with one attached hydrogen (secondary N) is 1. The van der Waals surface area contributed by atoms with Gasteiger partial charge in [0.1, 0.15) is 11.4 Å². The molecule has 1 aromatic heterocycles. The summed E-state index contributed by atoms with van der Waals surface area (Å²) >= 11 is 1.43. The van der Waals surface area contributed by atoms with Crippen molar-refractivity contribution in [3.05, 3.63) is 94.8 Å². The van der Waals surface area contributed by atoms with Gasteiger partial charge in [-0.25, -0.2) is 4.90 Å². The molecule has 2 heterocycles. The number of nitrogens with zero attached hydrogens (tertiary/aromatic N) is 1. The van der Waals surface area contributed by atoms with Crippen LogP contribution in [0.2, 0.25) is 0 Å². The Morgan fingerprint density at radius 1 is 0.906 bits per heavy atom. The topological polar surface area (TPSA) is 58.6 Å². The summed E-state index contributed by atoms with van der Waals surface area (Å²) in [4.78, 5) is 29.1. The summed E-state index contributed by atoms with van der Waals surface area (Å²) in [5, 5.41) is 7.21. The number of hydrogen-bond acceptors (Lipinski definition) is 5. The monoisotopic (exact) mass is 440 g/mol. The molecule has 3 aromatic carbocycles. The SMILES string of the molecule is CCOc1cccc(N2C(=O)C(Nc3cccc4ccccc34)=C(c3cccs3)C2=O)c1. The molecule has 0 aliphatic carbocycles. The normalized spacial score (nSPS) is 13.8. The highest BCUT2D eigenvalue weighted by atomic mass is 32.1. The Morgan fingerprint density at radius 2 is 1.72 bits per heavy atom. The van der Waals surface area contributed by atoms with Crippen molar-refractivity contribution >= 4 is 50.9 Å². The summed E-state index contributed by atoms with van der Waals surface area (Å²) in [6.45, 7) is 2.39. The van der Waals surface area contributed by atoms with E-state index in [9.17, 15) is 9.59 Å². The molecule has 5 nitrogen and oxygen atoms in total. The molecule has 0 fully saturated rings. The van der Waals surface area contributed by atoms with Crippen molar-refractivity contribution in [2.75, 3.05) is 16.8 Å². The lowest BCUT2D eigenvalue weighted by atomic mass is 10.1. The highest BCUT2D eigenvalue weighted by Gasteiger charge is 2.41. The summed E-state index contributed by atoms with van der Waals surface area (Å²) in [7, 11) is 0. The molecule has 0 bridgehead atoms. The van der Waals surface area contributed by atoms with E-state index in [4.69, 9.17) is 4.74 Å². The third kappa shape index (κ3) is 3.44. The van der Waals surface area contributed by atoms with Crippen LogP contribution in [-0.4, -0.2) is 18.4 Å². The van der Waals surface area contributed by atoms with Gasteiger partial charge in [0.05, 0.1) is 17.9 Å². The smallest absolute Gasteiger partial charge is 0.282 e. The molecule has 1 aliphatic heterocycles. The van der Waals surface area contributed by atoms with Crippen molar-refractivity contribution < 1.29 is 14.3 Å². The van der Waals surface area contributed by atoms with Gasteiger partial charge < -0.3 is 10.1 Å². The van der Waals surface area contributed by atoms with E-state index < -0.39 is 0 Å². The molecule has 0 spiro atoms. The second-order valence-electron chi connectivity index (χ2n) is 7.26. The minimum atomic E-state index is -0.389. The van der Waals surface area contributed by atoms with Gasteiger partial charge in [0.2, 0.25) is 0 Å². The molecule has 0 saturated carbocycles. The van der Waals surface area contributed by atoms with E-state index in [0.29, 0.717) is 23.6 Å². The zero-order valence-electron chi connectivity index (χ0n) is 17.4. The molecule has 0 radical (unpaired) electrons. The average molecular weight is 441 g/mol. The van der Waals surface area contributed by atoms with Crippen LogP contribution in [0.1, 0.15) is 11.8 Å². The van der Waals surface area contributed by atoms with E-state index >= 15 is 0 Å². The first kappa shape index (κ1) is 20.0. The Balaban J connectivity index is 1.61. The van der Waals surface area contributed by atoms with E-state index in [0.717, 1.165) is 21.3 Å². The van der Waals surface area contributed by atoms with Gasteiger partial charge in [-0.1, -0.05) is 48.5 Å². The number of hydrogen-bond donors (Lipinski definition) is 1. The van der Waals surface area contributed by atoms with Crippen LogP contribution in [0, 0.1) is 0 Å². The maximum atomic E-state index is 13.6. The Kier molecular flexibility index (Phi) is 5.21. The van der Waals surface area contributed by atoms with Gasteiger partial charge in [-0.15, -0.1) is 11.3 Å². The standard InChI is InChI=1S/C26H20N2O3S/c1-2-31-19-11-6-10-18(16-19)28-25(29)23(22-14-7-15-32-22)24(26(28)30)27-21-13-5-9-17-8-3-4-12-20(17)21/h3-16,27H,2H2,1H3. The van der Waals surface area contributed by atoms with Crippen LogP contribution in [0.3, 0.4) is 0 Å². The van der Waals surface area contributed by atoms with Gasteiger partial charge in [-0.2, -0.15) is 0 Å². The lowest BCUT2D eigenvalue weighted by Gasteiger charge is -2.16. The van der Waals surface area contributed by atoms with Crippen molar-refractivity contribution in [2.24, 2.45) is 0 Å². The molecule has 6 heteroatoms. The molecule has 2 amide bonds. The number of imide groups is 1. The Morgan fingerprint density at radius 3 is 2.53 bits per heavy atom. The van der Waals surface area contributed by atoms with Crippen molar-refractivity contribution in [3.63, 3.8) is 0 Å². The number of ether oxygens (including phenoxy) is 1. The largest absolute Gasteiger partial charge is 0.494 e. The zero-order valence-corrected chi connectivity index (χ0v) is 18.2. The lowest BCUT2D eigenvalue weighted by molar-refractivity contribution is -0.120. The molecule has 158 valence electrons. The van der Waals surface area contributed by atoms with Crippen LogP contribution >= 0.6 is 11.3 Å². The minimum Gasteiger partial charge on any atom is -0.494 e. The molecule has 32 heavy (non-hydrogen) atoms. The fourth-order valence-electron chi connectivity index (χ4n) is 3.88. The maximum Gasteiger partial charge on any atom is 0.282 e. The first-order valence-electron chi connectivity index (χ1n) is 10.3. The summed E-state index contributed by atoms with van der Waals surface area (Å²) in [6.07, 6.45) is 0. The number of rotatable bonds is 6. The third-order valence-corrected chi connectivity index (χ3v) is 6.17. The predicted molar refractivity (Wildman–Crippen MR) is 129 cm³/mol. The van der Waals surface area contributed by atoms with Crippen molar-refractivity contribution in [1.82, 2.24) is 0 Å². The molecular formula is C26H20N2O3S. The van der Waals surface area contributed by atoms with E-state index in [1.54, 1.807) is 24.3 Å². The fourth-order valence-corrected chi connectivity index (χ4v) is 4.65. The van der Waals surface area contributed by atoms with Crippen molar-refractivity contribution in [2.45, 2.75) is 6.92 Å². The van der Waals surface area contributed by atoms with Gasteiger partial charge >= 0.3 is 0 Å². The number of amides is 2.